The molecular formula is C13H21N3O4. The maximum Gasteiger partial charge on any atom is 0.325 e. The van der Waals surface area contributed by atoms with E-state index < -0.39 is 11.2 Å². The minimum Gasteiger partial charge on any atom is -0.396 e. The van der Waals surface area contributed by atoms with Crippen LogP contribution in [-0.2, 0) is 11.2 Å². The van der Waals surface area contributed by atoms with Gasteiger partial charge >= 0.3 is 5.69 Å². The summed E-state index contributed by atoms with van der Waals surface area (Å²) in [6, 6.07) is 0. The average Bonchev–Trinajstić information content (AvgIpc) is 2.38. The molecular weight excluding hydrogens is 262 g/mol. The molecule has 1 aromatic heterocycles. The van der Waals surface area contributed by atoms with Crippen molar-refractivity contribution in [2.75, 3.05) is 19.7 Å². The number of aryl methyl sites for hydroxylation is 1. The van der Waals surface area contributed by atoms with E-state index in [0.29, 0.717) is 30.8 Å². The second kappa shape index (κ2) is 7.64. The number of hydrogen-bond acceptors (Lipinski definition) is 4. The second-order valence-electron chi connectivity index (χ2n) is 4.56. The number of aromatic amines is 2. The van der Waals surface area contributed by atoms with Crippen molar-refractivity contribution in [3.8, 4) is 0 Å². The molecule has 112 valence electrons. The van der Waals surface area contributed by atoms with Crippen molar-refractivity contribution < 1.29 is 9.90 Å². The Kier molecular flexibility index (Phi) is 6.17. The van der Waals surface area contributed by atoms with Gasteiger partial charge in [-0.3, -0.25) is 14.6 Å². The van der Waals surface area contributed by atoms with Gasteiger partial charge in [-0.25, -0.2) is 4.79 Å². The molecule has 0 bridgehead atoms. The van der Waals surface area contributed by atoms with E-state index in [9.17, 15) is 14.4 Å². The van der Waals surface area contributed by atoms with Crippen molar-refractivity contribution in [1.82, 2.24) is 14.9 Å². The molecule has 0 saturated heterocycles. The van der Waals surface area contributed by atoms with E-state index in [2.05, 4.69) is 9.97 Å². The third-order valence-electron chi connectivity index (χ3n) is 3.16. The molecule has 1 rings (SSSR count). The van der Waals surface area contributed by atoms with Gasteiger partial charge < -0.3 is 15.0 Å². The lowest BCUT2D eigenvalue weighted by Crippen LogP contribution is -2.33. The van der Waals surface area contributed by atoms with Crippen LogP contribution in [0.25, 0.3) is 0 Å². The molecule has 0 aromatic carbocycles. The molecule has 0 radical (unpaired) electrons. The molecule has 0 aliphatic heterocycles. The first-order chi connectivity index (χ1) is 9.49. The Bertz CT molecular complexity index is 561. The highest BCUT2D eigenvalue weighted by molar-refractivity contribution is 5.76. The molecule has 0 saturated carbocycles. The summed E-state index contributed by atoms with van der Waals surface area (Å²) in [6.45, 7) is 4.63. The van der Waals surface area contributed by atoms with Crippen LogP contribution in [0.3, 0.4) is 0 Å². The molecule has 0 aliphatic carbocycles. The molecule has 1 amide bonds. The third-order valence-corrected chi connectivity index (χ3v) is 3.16. The molecule has 1 heterocycles. The van der Waals surface area contributed by atoms with Gasteiger partial charge in [0.1, 0.15) is 0 Å². The lowest BCUT2D eigenvalue weighted by Gasteiger charge is -2.20. The number of aliphatic hydroxyl groups is 1. The Labute approximate surface area is 116 Å². The fourth-order valence-electron chi connectivity index (χ4n) is 2.04. The second-order valence-corrected chi connectivity index (χ2v) is 4.56. The minimum atomic E-state index is -0.541. The summed E-state index contributed by atoms with van der Waals surface area (Å²) in [6.07, 6.45) is 1.03. The molecule has 0 aliphatic rings. The zero-order chi connectivity index (χ0) is 15.1. The first-order valence-corrected chi connectivity index (χ1v) is 6.70. The topological polar surface area (TPSA) is 106 Å². The molecule has 7 heteroatoms. The van der Waals surface area contributed by atoms with Crippen molar-refractivity contribution in [3.05, 3.63) is 32.1 Å². The quantitative estimate of drug-likeness (QED) is 0.629. The first-order valence-electron chi connectivity index (χ1n) is 6.70. The molecule has 7 nitrogen and oxygen atoms in total. The van der Waals surface area contributed by atoms with Crippen LogP contribution < -0.4 is 11.2 Å². The van der Waals surface area contributed by atoms with Crippen LogP contribution in [0.4, 0.5) is 0 Å². The van der Waals surface area contributed by atoms with Crippen molar-refractivity contribution in [2.24, 2.45) is 0 Å². The third kappa shape index (κ3) is 4.34. The summed E-state index contributed by atoms with van der Waals surface area (Å²) >= 11 is 0. The van der Waals surface area contributed by atoms with Gasteiger partial charge in [-0.2, -0.15) is 0 Å². The molecule has 0 atom stereocenters. The smallest absolute Gasteiger partial charge is 0.325 e. The Hall–Kier alpha value is -1.89. The molecule has 3 N–H and O–H groups in total. The Morgan fingerprint density at radius 2 is 2.00 bits per heavy atom. The summed E-state index contributed by atoms with van der Waals surface area (Å²) in [4.78, 5) is 41.0. The van der Waals surface area contributed by atoms with Gasteiger partial charge in [-0.1, -0.05) is 0 Å². The number of aromatic nitrogens is 2. The monoisotopic (exact) mass is 283 g/mol. The number of amides is 1. The maximum absolute atomic E-state index is 12.0. The SMILES string of the molecule is CCN(CCCO)C(=O)CCc1c(C)[nH]c(=O)[nH]c1=O. The summed E-state index contributed by atoms with van der Waals surface area (Å²) in [5.41, 5.74) is -0.0701. The molecule has 1 aromatic rings. The number of nitrogens with zero attached hydrogens (tertiary/aromatic N) is 1. The molecule has 0 spiro atoms. The van der Waals surface area contributed by atoms with Crippen molar-refractivity contribution in [3.63, 3.8) is 0 Å². The summed E-state index contributed by atoms with van der Waals surface area (Å²) in [7, 11) is 0. The fraction of sp³-hybridized carbons (Fsp3) is 0.615. The van der Waals surface area contributed by atoms with E-state index in [0.717, 1.165) is 0 Å². The van der Waals surface area contributed by atoms with Crippen LogP contribution in [-0.4, -0.2) is 45.6 Å². The van der Waals surface area contributed by atoms with E-state index in [1.165, 1.54) is 0 Å². The van der Waals surface area contributed by atoms with Crippen molar-refractivity contribution >= 4 is 5.91 Å². The van der Waals surface area contributed by atoms with Gasteiger partial charge in [-0.05, 0) is 26.7 Å². The molecule has 0 unspecified atom stereocenters. The van der Waals surface area contributed by atoms with Crippen LogP contribution in [0.1, 0.15) is 31.0 Å². The van der Waals surface area contributed by atoms with Gasteiger partial charge in [0.2, 0.25) is 5.91 Å². The number of H-pyrrole nitrogens is 2. The number of carbonyl (C=O) groups is 1. The summed E-state index contributed by atoms with van der Waals surface area (Å²) < 4.78 is 0. The zero-order valence-electron chi connectivity index (χ0n) is 11.9. The summed E-state index contributed by atoms with van der Waals surface area (Å²) in [5.74, 6) is -0.0639. The van der Waals surface area contributed by atoms with E-state index in [4.69, 9.17) is 5.11 Å². The lowest BCUT2D eigenvalue weighted by atomic mass is 10.1. The highest BCUT2D eigenvalue weighted by Crippen LogP contribution is 2.03. The highest BCUT2D eigenvalue weighted by atomic mass is 16.3. The van der Waals surface area contributed by atoms with Crippen LogP contribution in [0.5, 0.6) is 0 Å². The van der Waals surface area contributed by atoms with Gasteiger partial charge in [0.05, 0.1) is 0 Å². The average molecular weight is 283 g/mol. The number of hydrogen-bond donors (Lipinski definition) is 3. The minimum absolute atomic E-state index is 0.0441. The normalized spacial score (nSPS) is 10.6. The fourth-order valence-corrected chi connectivity index (χ4v) is 2.04. The van der Waals surface area contributed by atoms with E-state index in [-0.39, 0.29) is 25.4 Å². The predicted octanol–water partition coefficient (Wildman–Crippen LogP) is -0.465. The Morgan fingerprint density at radius 1 is 1.30 bits per heavy atom. The highest BCUT2D eigenvalue weighted by Gasteiger charge is 2.13. The number of nitrogens with one attached hydrogen (secondary N) is 2. The van der Waals surface area contributed by atoms with Gasteiger partial charge in [0, 0.05) is 37.4 Å². The molecule has 0 fully saturated rings. The lowest BCUT2D eigenvalue weighted by molar-refractivity contribution is -0.131. The predicted molar refractivity (Wildman–Crippen MR) is 74.7 cm³/mol. The van der Waals surface area contributed by atoms with Crippen LogP contribution >= 0.6 is 0 Å². The van der Waals surface area contributed by atoms with E-state index in [1.54, 1.807) is 11.8 Å². The zero-order valence-corrected chi connectivity index (χ0v) is 11.9. The van der Waals surface area contributed by atoms with E-state index >= 15 is 0 Å². The number of carbonyl (C=O) groups excluding carboxylic acids is 1. The van der Waals surface area contributed by atoms with Crippen LogP contribution in [0.15, 0.2) is 9.59 Å². The van der Waals surface area contributed by atoms with E-state index in [1.807, 2.05) is 6.92 Å². The number of aliphatic hydroxyl groups excluding tert-OH is 1. The van der Waals surface area contributed by atoms with Crippen molar-refractivity contribution in [2.45, 2.75) is 33.1 Å². The largest absolute Gasteiger partial charge is 0.396 e. The van der Waals surface area contributed by atoms with Gasteiger partial charge in [0.15, 0.2) is 0 Å². The summed E-state index contributed by atoms with van der Waals surface area (Å²) in [5, 5.41) is 8.78. The number of rotatable bonds is 7. The molecule has 20 heavy (non-hydrogen) atoms. The van der Waals surface area contributed by atoms with Gasteiger partial charge in [0.25, 0.3) is 5.56 Å². The standard InChI is InChI=1S/C13H21N3O4/c1-3-16(7-4-8-17)11(18)6-5-10-9(2)14-13(20)15-12(10)19/h17H,3-8H2,1-2H3,(H2,14,15,19,20). The first kappa shape index (κ1) is 16.2. The Balaban J connectivity index is 2.69. The van der Waals surface area contributed by atoms with Crippen LogP contribution in [0, 0.1) is 6.92 Å². The van der Waals surface area contributed by atoms with Crippen LogP contribution in [0.2, 0.25) is 0 Å². The maximum atomic E-state index is 12.0. The van der Waals surface area contributed by atoms with Gasteiger partial charge in [-0.15, -0.1) is 0 Å². The van der Waals surface area contributed by atoms with Crippen molar-refractivity contribution in [1.29, 1.82) is 0 Å². The Morgan fingerprint density at radius 3 is 2.55 bits per heavy atom.